The van der Waals surface area contributed by atoms with Crippen LogP contribution < -0.4 is 0 Å². The van der Waals surface area contributed by atoms with Gasteiger partial charge in [-0.1, -0.05) is 12.6 Å². The first kappa shape index (κ1) is 8.20. The summed E-state index contributed by atoms with van der Waals surface area (Å²) >= 11 is 8.22. The van der Waals surface area contributed by atoms with E-state index in [0.29, 0.717) is 0 Å². The van der Waals surface area contributed by atoms with Crippen LogP contribution in [0.4, 0.5) is 0 Å². The highest BCUT2D eigenvalue weighted by atomic mass is 32.1. The molecule has 0 fully saturated rings. The first-order valence-electron chi connectivity index (χ1n) is 2.09. The molecule has 1 atom stereocenters. The van der Waals surface area contributed by atoms with Crippen LogP contribution in [0, 0.1) is 0 Å². The van der Waals surface area contributed by atoms with E-state index < -0.39 is 0 Å². The van der Waals surface area contributed by atoms with Crippen molar-refractivity contribution < 1.29 is 9.47 Å². The monoisotopic (exact) mass is 152 g/mol. The van der Waals surface area contributed by atoms with E-state index in [4.69, 9.17) is 9.47 Å². The minimum Gasteiger partial charge on any atom is -0.449 e. The van der Waals surface area contributed by atoms with Gasteiger partial charge in [-0.3, -0.25) is 0 Å². The molecule has 1 unspecified atom stereocenters. The molecule has 48 valence electrons. The van der Waals surface area contributed by atoms with Gasteiger partial charge in [0.25, 0.3) is 0 Å². The Hall–Kier alpha value is 0.200. The SMILES string of the molecule is COC(C)OC(=S)S. The molecule has 2 nitrogen and oxygen atoms in total. The average molecular weight is 152 g/mol. The van der Waals surface area contributed by atoms with Gasteiger partial charge in [-0.2, -0.15) is 0 Å². The van der Waals surface area contributed by atoms with Gasteiger partial charge in [-0.15, -0.1) is 0 Å². The van der Waals surface area contributed by atoms with Crippen molar-refractivity contribution in [3.05, 3.63) is 0 Å². The van der Waals surface area contributed by atoms with Gasteiger partial charge in [0.1, 0.15) is 0 Å². The molecule has 0 aromatic heterocycles. The summed E-state index contributed by atoms with van der Waals surface area (Å²) in [5.74, 6) is 0. The number of thiol groups is 1. The molecule has 0 amide bonds. The first-order valence-corrected chi connectivity index (χ1v) is 2.94. The Balaban J connectivity index is 3.24. The van der Waals surface area contributed by atoms with Crippen molar-refractivity contribution in [2.24, 2.45) is 0 Å². The molecule has 0 saturated carbocycles. The van der Waals surface area contributed by atoms with Crippen molar-refractivity contribution in [2.75, 3.05) is 7.11 Å². The van der Waals surface area contributed by atoms with Crippen molar-refractivity contribution in [1.82, 2.24) is 0 Å². The lowest BCUT2D eigenvalue weighted by molar-refractivity contribution is -0.0424. The van der Waals surface area contributed by atoms with Crippen LogP contribution >= 0.6 is 24.8 Å². The Kier molecular flexibility index (Phi) is 4.22. The van der Waals surface area contributed by atoms with E-state index >= 15 is 0 Å². The summed E-state index contributed by atoms with van der Waals surface area (Å²) in [7, 11) is 1.54. The zero-order chi connectivity index (χ0) is 6.57. The second-order valence-electron chi connectivity index (χ2n) is 1.19. The molecular weight excluding hydrogens is 144 g/mol. The van der Waals surface area contributed by atoms with Gasteiger partial charge in [-0.05, 0) is 19.1 Å². The van der Waals surface area contributed by atoms with Gasteiger partial charge in [-0.25, -0.2) is 0 Å². The van der Waals surface area contributed by atoms with Gasteiger partial charge < -0.3 is 9.47 Å². The molecular formula is C4H8O2S2. The third kappa shape index (κ3) is 4.36. The molecule has 0 spiro atoms. The fourth-order valence-corrected chi connectivity index (χ4v) is 0.474. The maximum atomic E-state index is 4.77. The van der Waals surface area contributed by atoms with E-state index in [0.717, 1.165) is 0 Å². The summed E-state index contributed by atoms with van der Waals surface area (Å²) in [6.07, 6.45) is -0.292. The Bertz CT molecular complexity index is 84.1. The Labute approximate surface area is 59.6 Å². The minimum absolute atomic E-state index is 0.208. The maximum absolute atomic E-state index is 4.77. The number of thiocarbonyl (C=S) groups is 1. The summed E-state index contributed by atoms with van der Waals surface area (Å²) in [5.41, 5.74) is 0. The average Bonchev–Trinajstić information content (AvgIpc) is 1.65. The van der Waals surface area contributed by atoms with Gasteiger partial charge in [0.2, 0.25) is 4.38 Å². The summed E-state index contributed by atoms with van der Waals surface area (Å²) in [4.78, 5) is 0. The molecule has 0 heterocycles. The highest BCUT2D eigenvalue weighted by Gasteiger charge is 1.97. The molecule has 8 heavy (non-hydrogen) atoms. The summed E-state index contributed by atoms with van der Waals surface area (Å²) in [6.45, 7) is 1.74. The number of methoxy groups -OCH3 is 1. The molecule has 0 aromatic carbocycles. The lowest BCUT2D eigenvalue weighted by atomic mass is 10.8. The largest absolute Gasteiger partial charge is 0.449 e. The second kappa shape index (κ2) is 4.12. The zero-order valence-electron chi connectivity index (χ0n) is 4.75. The molecule has 0 rings (SSSR count). The predicted molar refractivity (Wildman–Crippen MR) is 39.1 cm³/mol. The van der Waals surface area contributed by atoms with Crippen LogP contribution in [0.2, 0.25) is 0 Å². The molecule has 0 radical (unpaired) electrons. The Morgan fingerprint density at radius 1 is 1.75 bits per heavy atom. The van der Waals surface area contributed by atoms with E-state index in [2.05, 4.69) is 24.8 Å². The second-order valence-corrected chi connectivity index (χ2v) is 2.27. The standard InChI is InChI=1S/C4H8O2S2/c1-3(5-2)6-4(7)8/h3H,1-2H3,(H,7,8). The molecule has 0 N–H and O–H groups in total. The summed E-state index contributed by atoms with van der Waals surface area (Å²) < 4.78 is 9.68. The lowest BCUT2D eigenvalue weighted by Gasteiger charge is -2.08. The number of hydrogen-bond acceptors (Lipinski definition) is 3. The van der Waals surface area contributed by atoms with Crippen molar-refractivity contribution in [2.45, 2.75) is 13.2 Å². The van der Waals surface area contributed by atoms with E-state index in [9.17, 15) is 0 Å². The van der Waals surface area contributed by atoms with Crippen LogP contribution in [-0.2, 0) is 9.47 Å². The van der Waals surface area contributed by atoms with Crippen LogP contribution in [-0.4, -0.2) is 17.8 Å². The van der Waals surface area contributed by atoms with E-state index in [1.54, 1.807) is 6.92 Å². The van der Waals surface area contributed by atoms with Gasteiger partial charge in [0, 0.05) is 7.11 Å². The van der Waals surface area contributed by atoms with Crippen molar-refractivity contribution >= 4 is 29.2 Å². The third-order valence-corrected chi connectivity index (χ3v) is 0.800. The topological polar surface area (TPSA) is 18.5 Å². The normalized spacial score (nSPS) is 12.9. The number of rotatable bonds is 2. The van der Waals surface area contributed by atoms with Gasteiger partial charge in [0.15, 0.2) is 6.29 Å². The third-order valence-electron chi connectivity index (χ3n) is 0.599. The molecule has 0 aliphatic carbocycles. The van der Waals surface area contributed by atoms with Crippen LogP contribution in [0.25, 0.3) is 0 Å². The fraction of sp³-hybridized carbons (Fsp3) is 0.750. The molecule has 0 saturated heterocycles. The first-order chi connectivity index (χ1) is 3.66. The molecule has 4 heteroatoms. The number of ether oxygens (including phenoxy) is 2. The predicted octanol–water partition coefficient (Wildman–Crippen LogP) is 1.21. The van der Waals surface area contributed by atoms with Crippen LogP contribution in [0.5, 0.6) is 0 Å². The molecule has 0 aliphatic heterocycles. The van der Waals surface area contributed by atoms with Gasteiger partial charge in [0.05, 0.1) is 0 Å². The molecule has 0 bridgehead atoms. The quantitative estimate of drug-likeness (QED) is 0.364. The van der Waals surface area contributed by atoms with Crippen LogP contribution in [0.15, 0.2) is 0 Å². The van der Waals surface area contributed by atoms with Crippen LogP contribution in [0.3, 0.4) is 0 Å². The molecule has 0 aliphatic rings. The van der Waals surface area contributed by atoms with Gasteiger partial charge >= 0.3 is 0 Å². The smallest absolute Gasteiger partial charge is 0.219 e. The fourth-order valence-electron chi connectivity index (χ4n) is 0.190. The van der Waals surface area contributed by atoms with E-state index in [1.165, 1.54) is 7.11 Å². The minimum atomic E-state index is -0.292. The van der Waals surface area contributed by atoms with Crippen LogP contribution in [0.1, 0.15) is 6.92 Å². The van der Waals surface area contributed by atoms with Crippen molar-refractivity contribution in [3.8, 4) is 0 Å². The van der Waals surface area contributed by atoms with Crippen molar-refractivity contribution in [1.29, 1.82) is 0 Å². The summed E-state index contributed by atoms with van der Waals surface area (Å²) in [5, 5.41) is 0. The van der Waals surface area contributed by atoms with Crippen molar-refractivity contribution in [3.63, 3.8) is 0 Å². The highest BCUT2D eigenvalue weighted by Crippen LogP contribution is 1.94. The highest BCUT2D eigenvalue weighted by molar-refractivity contribution is 8.10. The molecule has 0 aromatic rings. The lowest BCUT2D eigenvalue weighted by Crippen LogP contribution is -2.10. The summed E-state index contributed by atoms with van der Waals surface area (Å²) in [6, 6.07) is 0. The van der Waals surface area contributed by atoms with E-state index in [1.807, 2.05) is 0 Å². The zero-order valence-corrected chi connectivity index (χ0v) is 6.46. The van der Waals surface area contributed by atoms with E-state index in [-0.39, 0.29) is 10.7 Å². The number of hydrogen-bond donors (Lipinski definition) is 1. The Morgan fingerprint density at radius 2 is 2.25 bits per heavy atom. The maximum Gasteiger partial charge on any atom is 0.219 e. The Morgan fingerprint density at radius 3 is 2.38 bits per heavy atom.